The van der Waals surface area contributed by atoms with E-state index in [9.17, 15) is 10.2 Å². The molecule has 9 heteroatoms. The molecule has 0 aromatic heterocycles. The van der Waals surface area contributed by atoms with E-state index in [0.717, 1.165) is 31.1 Å². The standard InChI is InChI=1S/C19H34N2O2.C6H18NSi2.C4H8O.La/c1-14(12-16(22)18(3,4)5)20-10-9-11-21-15(2)13-17(23)19(6,7)8;1-8(2,3)7-9(4,5)6;1-2-4-5-3-1;/h12-13,22-23H,9-11H2,1-8H3;1-6H3;1-4H2;/q;-1;;+3/p-2/b16-12-,17-13-,20-14?,21-15?;;;. The molecule has 0 aromatic carbocycles. The number of hydrogen-bond donors (Lipinski definition) is 0. The Hall–Kier alpha value is -0.0314. The van der Waals surface area contributed by atoms with Crippen LogP contribution in [0.4, 0.5) is 0 Å². The van der Waals surface area contributed by atoms with Gasteiger partial charge in [0.1, 0.15) is 0 Å². The van der Waals surface area contributed by atoms with Crippen LogP contribution < -0.4 is 10.2 Å². The molecule has 0 aliphatic carbocycles. The van der Waals surface area contributed by atoms with Crippen LogP contribution in [-0.4, -0.2) is 54.2 Å². The Labute approximate surface area is 266 Å². The zero-order valence-electron chi connectivity index (χ0n) is 27.2. The van der Waals surface area contributed by atoms with Gasteiger partial charge in [0.25, 0.3) is 0 Å². The Morgan fingerprint density at radius 1 is 0.737 bits per heavy atom. The van der Waals surface area contributed by atoms with Gasteiger partial charge < -0.3 is 19.6 Å². The molecule has 1 aliphatic rings. The first-order chi connectivity index (χ1) is 16.5. The topological polar surface area (TPSA) is 94.2 Å². The molecular weight excluding hydrogens is 633 g/mol. The first-order valence-corrected chi connectivity index (χ1v) is 20.6. The molecule has 0 unspecified atom stereocenters. The predicted octanol–water partition coefficient (Wildman–Crippen LogP) is 6.71. The van der Waals surface area contributed by atoms with Crippen molar-refractivity contribution in [1.29, 1.82) is 0 Å². The first-order valence-electron chi connectivity index (χ1n) is 13.7. The van der Waals surface area contributed by atoms with E-state index in [0.29, 0.717) is 13.1 Å². The minimum absolute atomic E-state index is 0. The van der Waals surface area contributed by atoms with E-state index in [-0.39, 0.29) is 57.9 Å². The third-order valence-corrected chi connectivity index (χ3v) is 10.1. The van der Waals surface area contributed by atoms with Crippen molar-refractivity contribution in [1.82, 2.24) is 0 Å². The predicted molar refractivity (Wildman–Crippen MR) is 166 cm³/mol. The number of nitrogens with zero attached hydrogens (tertiary/aromatic N) is 3. The first kappa shape index (κ1) is 42.4. The van der Waals surface area contributed by atoms with Gasteiger partial charge in [-0.25, -0.2) is 0 Å². The van der Waals surface area contributed by atoms with Crippen LogP contribution in [0, 0.1) is 46.4 Å². The minimum atomic E-state index is -1.11. The fourth-order valence-corrected chi connectivity index (χ4v) is 11.1. The van der Waals surface area contributed by atoms with E-state index in [1.54, 1.807) is 12.2 Å². The second-order valence-electron chi connectivity index (χ2n) is 13.7. The Morgan fingerprint density at radius 2 is 1.05 bits per heavy atom. The Kier molecular flexibility index (Phi) is 22.3. The van der Waals surface area contributed by atoms with Crippen molar-refractivity contribution in [3.05, 3.63) is 28.3 Å². The van der Waals surface area contributed by atoms with E-state index in [1.807, 2.05) is 55.4 Å². The number of rotatable bonds is 8. The Bertz CT molecular complexity index is 698. The zero-order valence-corrected chi connectivity index (χ0v) is 32.9. The number of allylic oxidation sites excluding steroid dienone is 4. The van der Waals surface area contributed by atoms with E-state index in [1.165, 1.54) is 12.8 Å². The van der Waals surface area contributed by atoms with Crippen molar-refractivity contribution < 1.29 is 50.5 Å². The van der Waals surface area contributed by atoms with Crippen LogP contribution in [0.1, 0.15) is 74.7 Å². The monoisotopic (exact) mass is 691 g/mol. The SMILES string of the molecule is C1CCOC1.CC(/C=C(\[O-])C(C)(C)C)=NCCCN=C(C)/C=C(\[O-])C(C)(C)C.C[Si](C)(C)[N-][Si](C)(C)C.[La+3]. The molecule has 1 rings (SSSR count). The fraction of sp³-hybridized carbons (Fsp3) is 0.793. The van der Waals surface area contributed by atoms with Crippen LogP contribution >= 0.6 is 0 Å². The second-order valence-corrected chi connectivity index (χ2v) is 23.3. The van der Waals surface area contributed by atoms with Gasteiger partial charge in [-0.1, -0.05) is 109 Å². The molecule has 1 fully saturated rings. The molecule has 0 aromatic rings. The summed E-state index contributed by atoms with van der Waals surface area (Å²) in [5, 5.41) is 23.7. The number of hydrogen-bond acceptors (Lipinski definition) is 5. The van der Waals surface area contributed by atoms with E-state index < -0.39 is 16.5 Å². The van der Waals surface area contributed by atoms with E-state index in [4.69, 9.17) is 9.38 Å². The fourth-order valence-electron chi connectivity index (χ4n) is 3.00. The molecule has 0 saturated carbocycles. The normalized spacial score (nSPS) is 16.2. The van der Waals surface area contributed by atoms with Crippen molar-refractivity contribution in [2.45, 2.75) is 114 Å². The molecule has 1 aliphatic heterocycles. The molecular formula is C29H58LaN3O3Si2. The summed E-state index contributed by atoms with van der Waals surface area (Å²) in [7, 11) is -2.21. The Morgan fingerprint density at radius 3 is 1.24 bits per heavy atom. The maximum atomic E-state index is 11.8. The summed E-state index contributed by atoms with van der Waals surface area (Å²) in [5.74, 6) is 0.172. The molecule has 0 amide bonds. The maximum Gasteiger partial charge on any atom is 3.00 e. The molecule has 0 radical (unpaired) electrons. The summed E-state index contributed by atoms with van der Waals surface area (Å²) in [5.41, 5.74) is 0.765. The van der Waals surface area contributed by atoms with Gasteiger partial charge in [-0.3, -0.25) is 9.98 Å². The average Bonchev–Trinajstić information content (AvgIpc) is 3.23. The summed E-state index contributed by atoms with van der Waals surface area (Å²) in [6, 6.07) is 0. The minimum Gasteiger partial charge on any atom is -0.875 e. The maximum absolute atomic E-state index is 11.8. The molecule has 218 valence electrons. The van der Waals surface area contributed by atoms with Gasteiger partial charge in [-0.15, -0.1) is 11.5 Å². The second kappa shape index (κ2) is 19.9. The molecule has 0 spiro atoms. The summed E-state index contributed by atoms with van der Waals surface area (Å²) in [4.78, 5) is 8.74. The Balaban J connectivity index is -0.000000663. The average molecular weight is 692 g/mol. The smallest absolute Gasteiger partial charge is 0.875 e. The van der Waals surface area contributed by atoms with Crippen LogP contribution in [0.25, 0.3) is 4.65 Å². The van der Waals surface area contributed by atoms with Crippen LogP contribution in [0.3, 0.4) is 0 Å². The van der Waals surface area contributed by atoms with Crippen LogP contribution in [0.15, 0.2) is 33.7 Å². The van der Waals surface area contributed by atoms with Gasteiger partial charge in [0.2, 0.25) is 0 Å². The summed E-state index contributed by atoms with van der Waals surface area (Å²) in [6.07, 6.45) is 6.55. The molecule has 0 bridgehead atoms. The number of aliphatic imine (C=N–C) groups is 2. The third-order valence-electron chi connectivity index (χ3n) is 4.70. The van der Waals surface area contributed by atoms with Crippen molar-refractivity contribution in [3.8, 4) is 0 Å². The quantitative estimate of drug-likeness (QED) is 0.123. The van der Waals surface area contributed by atoms with Crippen LogP contribution in [0.5, 0.6) is 0 Å². The van der Waals surface area contributed by atoms with Crippen molar-refractivity contribution in [3.63, 3.8) is 0 Å². The molecule has 0 N–H and O–H groups in total. The van der Waals surface area contributed by atoms with E-state index >= 15 is 0 Å². The van der Waals surface area contributed by atoms with Gasteiger partial charge in [-0.2, -0.15) is 0 Å². The largest absolute Gasteiger partial charge is 3.00 e. The van der Waals surface area contributed by atoms with Crippen molar-refractivity contribution in [2.75, 3.05) is 26.3 Å². The third kappa shape index (κ3) is 29.0. The molecule has 0 atom stereocenters. The van der Waals surface area contributed by atoms with Gasteiger partial charge in [0.05, 0.1) is 0 Å². The molecule has 38 heavy (non-hydrogen) atoms. The van der Waals surface area contributed by atoms with Gasteiger partial charge >= 0.3 is 35.6 Å². The summed E-state index contributed by atoms with van der Waals surface area (Å²) in [6.45, 7) is 32.1. The van der Waals surface area contributed by atoms with Gasteiger partial charge in [-0.05, 0) is 43.9 Å². The van der Waals surface area contributed by atoms with E-state index in [2.05, 4.69) is 49.3 Å². The number of ether oxygens (including phenoxy) is 1. The summed E-state index contributed by atoms with van der Waals surface area (Å²) >= 11 is 0. The van der Waals surface area contributed by atoms with Crippen LogP contribution in [-0.2, 0) is 4.74 Å². The van der Waals surface area contributed by atoms with Crippen molar-refractivity contribution >= 4 is 27.9 Å². The summed E-state index contributed by atoms with van der Waals surface area (Å²) < 4.78 is 9.76. The molecule has 6 nitrogen and oxygen atoms in total. The van der Waals surface area contributed by atoms with Gasteiger partial charge in [0.15, 0.2) is 0 Å². The molecule has 1 saturated heterocycles. The van der Waals surface area contributed by atoms with Crippen LogP contribution in [0.2, 0.25) is 39.3 Å². The van der Waals surface area contributed by atoms with Gasteiger partial charge in [0, 0.05) is 37.7 Å². The molecule has 1 heterocycles. The zero-order chi connectivity index (χ0) is 29.5. The van der Waals surface area contributed by atoms with Crippen molar-refractivity contribution in [2.24, 2.45) is 20.8 Å².